The maximum Gasteiger partial charge on any atom is 0.129 e. The number of hydrogen-bond acceptors (Lipinski definition) is 4. The molecule has 0 fully saturated rings. The lowest BCUT2D eigenvalue weighted by Crippen LogP contribution is -2.16. The first-order chi connectivity index (χ1) is 10.4. The van der Waals surface area contributed by atoms with E-state index < -0.39 is 0 Å². The number of ether oxygens (including phenoxy) is 1. The monoisotopic (exact) mass is 298 g/mol. The SMILES string of the molecule is CNCC[C@@H](Oc1cccc2ncccc12)c1ccsc1. The van der Waals surface area contributed by atoms with Gasteiger partial charge in [-0.2, -0.15) is 11.3 Å². The van der Waals surface area contributed by atoms with Gasteiger partial charge in [0.2, 0.25) is 0 Å². The second-order valence-corrected chi connectivity index (χ2v) is 5.66. The second-order valence-electron chi connectivity index (χ2n) is 4.88. The summed E-state index contributed by atoms with van der Waals surface area (Å²) in [4.78, 5) is 4.38. The third-order valence-electron chi connectivity index (χ3n) is 3.45. The number of benzene rings is 1. The van der Waals surface area contributed by atoms with E-state index in [1.165, 1.54) is 5.56 Å². The molecule has 3 nitrogen and oxygen atoms in total. The molecule has 0 aliphatic carbocycles. The van der Waals surface area contributed by atoms with E-state index in [1.807, 2.05) is 37.5 Å². The highest BCUT2D eigenvalue weighted by molar-refractivity contribution is 7.07. The van der Waals surface area contributed by atoms with Crippen LogP contribution in [-0.4, -0.2) is 18.6 Å². The number of rotatable bonds is 6. The van der Waals surface area contributed by atoms with Crippen molar-refractivity contribution in [2.75, 3.05) is 13.6 Å². The van der Waals surface area contributed by atoms with Crippen LogP contribution < -0.4 is 10.1 Å². The molecule has 0 aliphatic rings. The molecule has 0 bridgehead atoms. The van der Waals surface area contributed by atoms with Gasteiger partial charge < -0.3 is 10.1 Å². The molecule has 2 aromatic heterocycles. The fourth-order valence-electron chi connectivity index (χ4n) is 2.36. The van der Waals surface area contributed by atoms with E-state index >= 15 is 0 Å². The molecule has 1 N–H and O–H groups in total. The van der Waals surface area contributed by atoms with Gasteiger partial charge in [0.15, 0.2) is 0 Å². The maximum atomic E-state index is 6.30. The van der Waals surface area contributed by atoms with E-state index in [2.05, 4.69) is 33.2 Å². The van der Waals surface area contributed by atoms with Crippen LogP contribution in [0.3, 0.4) is 0 Å². The molecule has 4 heteroatoms. The van der Waals surface area contributed by atoms with Gasteiger partial charge in [0.1, 0.15) is 11.9 Å². The smallest absolute Gasteiger partial charge is 0.129 e. The van der Waals surface area contributed by atoms with Crippen LogP contribution in [0.4, 0.5) is 0 Å². The van der Waals surface area contributed by atoms with Gasteiger partial charge in [0, 0.05) is 23.6 Å². The Kier molecular flexibility index (Phi) is 4.48. The molecular weight excluding hydrogens is 280 g/mol. The summed E-state index contributed by atoms with van der Waals surface area (Å²) in [5, 5.41) is 8.50. The molecule has 108 valence electrons. The summed E-state index contributed by atoms with van der Waals surface area (Å²) in [6, 6.07) is 12.2. The molecule has 21 heavy (non-hydrogen) atoms. The van der Waals surface area contributed by atoms with Crippen LogP contribution in [0, 0.1) is 0 Å². The van der Waals surface area contributed by atoms with Crippen molar-refractivity contribution in [1.29, 1.82) is 0 Å². The Balaban J connectivity index is 1.90. The molecule has 0 spiro atoms. The number of hydrogen-bond donors (Lipinski definition) is 1. The Bertz CT molecular complexity index is 692. The van der Waals surface area contributed by atoms with E-state index in [4.69, 9.17) is 4.74 Å². The summed E-state index contributed by atoms with van der Waals surface area (Å²) in [7, 11) is 1.96. The summed E-state index contributed by atoms with van der Waals surface area (Å²) < 4.78 is 6.30. The topological polar surface area (TPSA) is 34.1 Å². The van der Waals surface area contributed by atoms with E-state index in [1.54, 1.807) is 11.3 Å². The molecule has 1 aromatic carbocycles. The van der Waals surface area contributed by atoms with Gasteiger partial charge in [-0.3, -0.25) is 4.98 Å². The van der Waals surface area contributed by atoms with E-state index in [0.29, 0.717) is 0 Å². The minimum absolute atomic E-state index is 0.0644. The molecule has 2 heterocycles. The lowest BCUT2D eigenvalue weighted by molar-refractivity contribution is 0.198. The van der Waals surface area contributed by atoms with Crippen molar-refractivity contribution in [1.82, 2.24) is 10.3 Å². The van der Waals surface area contributed by atoms with Crippen molar-refractivity contribution in [3.63, 3.8) is 0 Å². The largest absolute Gasteiger partial charge is 0.485 e. The first kappa shape index (κ1) is 14.0. The molecule has 0 radical (unpaired) electrons. The number of fused-ring (bicyclic) bond motifs is 1. The van der Waals surface area contributed by atoms with Crippen LogP contribution in [0.1, 0.15) is 18.1 Å². The standard InChI is InChI=1S/C17H18N2OS/c1-18-10-7-16(13-8-11-21-12-13)20-17-6-2-5-15-14(17)4-3-9-19-15/h2-6,8-9,11-12,16,18H,7,10H2,1H3/t16-/m1/s1. The molecule has 0 saturated carbocycles. The van der Waals surface area contributed by atoms with Crippen molar-refractivity contribution in [3.8, 4) is 5.75 Å². The normalized spacial score (nSPS) is 12.4. The average Bonchev–Trinajstić information content (AvgIpc) is 3.06. The van der Waals surface area contributed by atoms with Crippen molar-refractivity contribution in [2.24, 2.45) is 0 Å². The van der Waals surface area contributed by atoms with Gasteiger partial charge >= 0.3 is 0 Å². The van der Waals surface area contributed by atoms with E-state index in [-0.39, 0.29) is 6.10 Å². The van der Waals surface area contributed by atoms with Gasteiger partial charge in [-0.05, 0) is 54.7 Å². The molecule has 0 amide bonds. The van der Waals surface area contributed by atoms with Crippen molar-refractivity contribution >= 4 is 22.2 Å². The molecule has 0 unspecified atom stereocenters. The van der Waals surface area contributed by atoms with Crippen molar-refractivity contribution < 1.29 is 4.74 Å². The molecule has 0 aliphatic heterocycles. The fraction of sp³-hybridized carbons (Fsp3) is 0.235. The average molecular weight is 298 g/mol. The van der Waals surface area contributed by atoms with Gasteiger partial charge in [-0.25, -0.2) is 0 Å². The highest BCUT2D eigenvalue weighted by Crippen LogP contribution is 2.30. The third kappa shape index (κ3) is 3.23. The number of pyridine rings is 1. The summed E-state index contributed by atoms with van der Waals surface area (Å²) in [5.74, 6) is 0.896. The molecular formula is C17H18N2OS. The summed E-state index contributed by atoms with van der Waals surface area (Å²) >= 11 is 1.70. The highest BCUT2D eigenvalue weighted by atomic mass is 32.1. The fourth-order valence-corrected chi connectivity index (χ4v) is 3.06. The van der Waals surface area contributed by atoms with E-state index in [9.17, 15) is 0 Å². The predicted octanol–water partition coefficient (Wildman–Crippen LogP) is 4.03. The Hall–Kier alpha value is -1.91. The molecule has 3 rings (SSSR count). The number of thiophene rings is 1. The van der Waals surface area contributed by atoms with Crippen LogP contribution in [0.2, 0.25) is 0 Å². The van der Waals surface area contributed by atoms with Crippen molar-refractivity contribution in [3.05, 3.63) is 58.9 Å². The third-order valence-corrected chi connectivity index (χ3v) is 4.15. The second kappa shape index (κ2) is 6.70. The quantitative estimate of drug-likeness (QED) is 0.746. The lowest BCUT2D eigenvalue weighted by Gasteiger charge is -2.19. The Morgan fingerprint density at radius 2 is 2.19 bits per heavy atom. The van der Waals surface area contributed by atoms with Crippen LogP contribution in [0.25, 0.3) is 10.9 Å². The number of nitrogens with zero attached hydrogens (tertiary/aromatic N) is 1. The number of nitrogens with one attached hydrogen (secondary N) is 1. The minimum Gasteiger partial charge on any atom is -0.485 e. The van der Waals surface area contributed by atoms with Crippen LogP contribution >= 0.6 is 11.3 Å². The van der Waals surface area contributed by atoms with Gasteiger partial charge in [-0.1, -0.05) is 6.07 Å². The van der Waals surface area contributed by atoms with Gasteiger partial charge in [-0.15, -0.1) is 0 Å². The zero-order valence-electron chi connectivity index (χ0n) is 12.0. The first-order valence-corrected chi connectivity index (χ1v) is 8.00. The van der Waals surface area contributed by atoms with Gasteiger partial charge in [0.05, 0.1) is 5.52 Å². The Labute approximate surface area is 128 Å². The van der Waals surface area contributed by atoms with Crippen LogP contribution in [0.5, 0.6) is 5.75 Å². The zero-order chi connectivity index (χ0) is 14.5. The highest BCUT2D eigenvalue weighted by Gasteiger charge is 2.15. The molecule has 0 saturated heterocycles. The molecule has 1 atom stereocenters. The minimum atomic E-state index is 0.0644. The lowest BCUT2D eigenvalue weighted by atomic mass is 10.1. The maximum absolute atomic E-state index is 6.30. The zero-order valence-corrected chi connectivity index (χ0v) is 12.8. The van der Waals surface area contributed by atoms with Crippen molar-refractivity contribution in [2.45, 2.75) is 12.5 Å². The Morgan fingerprint density at radius 3 is 3.00 bits per heavy atom. The van der Waals surface area contributed by atoms with Gasteiger partial charge in [0.25, 0.3) is 0 Å². The van der Waals surface area contributed by atoms with E-state index in [0.717, 1.165) is 29.6 Å². The first-order valence-electron chi connectivity index (χ1n) is 7.05. The Morgan fingerprint density at radius 1 is 1.24 bits per heavy atom. The number of aromatic nitrogens is 1. The molecule has 3 aromatic rings. The summed E-state index contributed by atoms with van der Waals surface area (Å²) in [6.07, 6.45) is 2.81. The van der Waals surface area contributed by atoms with Crippen LogP contribution in [0.15, 0.2) is 53.4 Å². The van der Waals surface area contributed by atoms with Crippen LogP contribution in [-0.2, 0) is 0 Å². The summed E-state index contributed by atoms with van der Waals surface area (Å²) in [6.45, 7) is 0.920. The predicted molar refractivity (Wildman–Crippen MR) is 88.0 cm³/mol. The summed E-state index contributed by atoms with van der Waals surface area (Å²) in [5.41, 5.74) is 2.20.